The van der Waals surface area contributed by atoms with Gasteiger partial charge in [0.1, 0.15) is 5.75 Å². The fraction of sp³-hybridized carbons (Fsp3) is 0.167. The van der Waals surface area contributed by atoms with Crippen LogP contribution in [0.3, 0.4) is 0 Å². The Labute approximate surface area is 158 Å². The van der Waals surface area contributed by atoms with Crippen LogP contribution in [0.2, 0.25) is 0 Å². The number of anilines is 1. The summed E-state index contributed by atoms with van der Waals surface area (Å²) < 4.78 is 5.32. The summed E-state index contributed by atoms with van der Waals surface area (Å²) in [6, 6.07) is 13.1. The number of carbonyl (C=O) groups is 2. The second-order valence-electron chi connectivity index (χ2n) is 5.37. The summed E-state index contributed by atoms with van der Waals surface area (Å²) >= 11 is 3.00. The standard InChI is InChI=1S/C18H17N3O3S2/c1-12-7-8-15(26-12)14-11-25-18(20-14)21-16(22)9-19-17(23)10-24-13-5-3-2-4-6-13/h2-8,11H,9-10H2,1H3,(H,19,23)(H,20,21,22). The van der Waals surface area contributed by atoms with Crippen LogP contribution in [0.4, 0.5) is 5.13 Å². The third kappa shape index (κ3) is 5.14. The number of rotatable bonds is 7. The van der Waals surface area contributed by atoms with Crippen molar-refractivity contribution in [3.05, 3.63) is 52.7 Å². The summed E-state index contributed by atoms with van der Waals surface area (Å²) in [5.41, 5.74) is 0.837. The van der Waals surface area contributed by atoms with E-state index in [1.54, 1.807) is 23.5 Å². The van der Waals surface area contributed by atoms with Crippen LogP contribution in [0.25, 0.3) is 10.6 Å². The largest absolute Gasteiger partial charge is 0.484 e. The molecule has 0 unspecified atom stereocenters. The fourth-order valence-electron chi connectivity index (χ4n) is 2.08. The maximum absolute atomic E-state index is 11.9. The van der Waals surface area contributed by atoms with E-state index in [1.165, 1.54) is 16.2 Å². The van der Waals surface area contributed by atoms with Gasteiger partial charge in [0.05, 0.1) is 17.1 Å². The van der Waals surface area contributed by atoms with Crippen LogP contribution in [0, 0.1) is 6.92 Å². The van der Waals surface area contributed by atoms with Gasteiger partial charge in [-0.1, -0.05) is 18.2 Å². The van der Waals surface area contributed by atoms with Crippen LogP contribution in [-0.4, -0.2) is 29.9 Å². The Bertz CT molecular complexity index is 890. The SMILES string of the molecule is Cc1ccc(-c2csc(NC(=O)CNC(=O)COc3ccccc3)n2)s1. The fourth-order valence-corrected chi connectivity index (χ4v) is 3.70. The number of hydrogen-bond acceptors (Lipinski definition) is 6. The molecule has 0 fully saturated rings. The Morgan fingerprint density at radius 1 is 1.12 bits per heavy atom. The van der Waals surface area contributed by atoms with Gasteiger partial charge >= 0.3 is 0 Å². The minimum atomic E-state index is -0.363. The molecule has 0 aliphatic carbocycles. The molecule has 2 aromatic heterocycles. The molecule has 2 amide bonds. The first kappa shape index (κ1) is 18.1. The van der Waals surface area contributed by atoms with Crippen molar-refractivity contribution in [3.63, 3.8) is 0 Å². The molecule has 3 rings (SSSR count). The normalized spacial score (nSPS) is 10.3. The molecule has 0 aliphatic heterocycles. The second-order valence-corrected chi connectivity index (χ2v) is 7.52. The third-order valence-electron chi connectivity index (χ3n) is 3.30. The van der Waals surface area contributed by atoms with Crippen molar-refractivity contribution < 1.29 is 14.3 Å². The Morgan fingerprint density at radius 2 is 1.92 bits per heavy atom. The van der Waals surface area contributed by atoms with Gasteiger partial charge in [0.2, 0.25) is 5.91 Å². The molecular formula is C18H17N3O3S2. The van der Waals surface area contributed by atoms with Gasteiger partial charge in [-0.25, -0.2) is 4.98 Å². The van der Waals surface area contributed by atoms with E-state index in [1.807, 2.05) is 42.6 Å². The zero-order chi connectivity index (χ0) is 18.4. The van der Waals surface area contributed by atoms with Gasteiger partial charge in [0, 0.05) is 10.3 Å². The van der Waals surface area contributed by atoms with E-state index >= 15 is 0 Å². The third-order valence-corrected chi connectivity index (χ3v) is 5.08. The van der Waals surface area contributed by atoms with E-state index in [-0.39, 0.29) is 25.0 Å². The number of ether oxygens (including phenoxy) is 1. The molecule has 1 aromatic carbocycles. The van der Waals surface area contributed by atoms with Crippen LogP contribution in [-0.2, 0) is 9.59 Å². The average molecular weight is 387 g/mol. The Morgan fingerprint density at radius 3 is 2.65 bits per heavy atom. The lowest BCUT2D eigenvalue weighted by atomic mass is 10.3. The van der Waals surface area contributed by atoms with Crippen molar-refractivity contribution in [2.45, 2.75) is 6.92 Å². The quantitative estimate of drug-likeness (QED) is 0.652. The molecule has 0 atom stereocenters. The number of hydrogen-bond donors (Lipinski definition) is 2. The molecule has 0 radical (unpaired) electrons. The van der Waals surface area contributed by atoms with Crippen LogP contribution >= 0.6 is 22.7 Å². The Balaban J connectivity index is 1.42. The Hall–Kier alpha value is -2.71. The van der Waals surface area contributed by atoms with E-state index in [2.05, 4.69) is 15.6 Å². The molecule has 0 spiro atoms. The van der Waals surface area contributed by atoms with Crippen LogP contribution < -0.4 is 15.4 Å². The van der Waals surface area contributed by atoms with Gasteiger partial charge < -0.3 is 15.4 Å². The Kier molecular flexibility index (Phi) is 5.98. The first-order valence-electron chi connectivity index (χ1n) is 7.87. The number of thiophene rings is 1. The highest BCUT2D eigenvalue weighted by Gasteiger charge is 2.11. The zero-order valence-electron chi connectivity index (χ0n) is 14.0. The number of thiazole rings is 1. The number of amides is 2. The number of aryl methyl sites for hydroxylation is 1. The van der Waals surface area contributed by atoms with E-state index in [0.29, 0.717) is 10.9 Å². The van der Waals surface area contributed by atoms with Gasteiger partial charge in [-0.2, -0.15) is 0 Å². The van der Waals surface area contributed by atoms with Gasteiger partial charge in [0.15, 0.2) is 11.7 Å². The second kappa shape index (κ2) is 8.59. The summed E-state index contributed by atoms with van der Waals surface area (Å²) in [7, 11) is 0. The minimum absolute atomic E-state index is 0.135. The number of benzene rings is 1. The molecule has 26 heavy (non-hydrogen) atoms. The van der Waals surface area contributed by atoms with E-state index in [9.17, 15) is 9.59 Å². The predicted molar refractivity (Wildman–Crippen MR) is 104 cm³/mol. The lowest BCUT2D eigenvalue weighted by Gasteiger charge is -2.07. The van der Waals surface area contributed by atoms with E-state index < -0.39 is 0 Å². The average Bonchev–Trinajstić information content (AvgIpc) is 3.28. The van der Waals surface area contributed by atoms with Gasteiger partial charge in [-0.15, -0.1) is 22.7 Å². The predicted octanol–water partition coefficient (Wildman–Crippen LogP) is 3.31. The molecule has 3 aromatic rings. The molecule has 134 valence electrons. The first-order chi connectivity index (χ1) is 12.6. The molecule has 2 heterocycles. The lowest BCUT2D eigenvalue weighted by Crippen LogP contribution is -2.35. The maximum atomic E-state index is 11.9. The number of nitrogens with one attached hydrogen (secondary N) is 2. The molecule has 6 nitrogen and oxygen atoms in total. The van der Waals surface area contributed by atoms with Crippen LogP contribution in [0.15, 0.2) is 47.8 Å². The van der Waals surface area contributed by atoms with Crippen LogP contribution in [0.1, 0.15) is 4.88 Å². The minimum Gasteiger partial charge on any atom is -0.484 e. The van der Waals surface area contributed by atoms with Gasteiger partial charge in [-0.3, -0.25) is 9.59 Å². The van der Waals surface area contributed by atoms with Crippen molar-refractivity contribution in [2.75, 3.05) is 18.5 Å². The van der Waals surface area contributed by atoms with Crippen LogP contribution in [0.5, 0.6) is 5.75 Å². The van der Waals surface area contributed by atoms with Crippen molar-refractivity contribution >= 4 is 39.6 Å². The van der Waals surface area contributed by atoms with E-state index in [0.717, 1.165) is 10.6 Å². The first-order valence-corrected chi connectivity index (χ1v) is 9.56. The molecular weight excluding hydrogens is 370 g/mol. The van der Waals surface area contributed by atoms with Gasteiger partial charge in [-0.05, 0) is 31.2 Å². The molecule has 0 saturated heterocycles. The number of carbonyl (C=O) groups excluding carboxylic acids is 2. The number of aromatic nitrogens is 1. The molecule has 8 heteroatoms. The van der Waals surface area contributed by atoms with Crippen molar-refractivity contribution in [2.24, 2.45) is 0 Å². The smallest absolute Gasteiger partial charge is 0.258 e. The summed E-state index contributed by atoms with van der Waals surface area (Å²) in [4.78, 5) is 30.3. The highest BCUT2D eigenvalue weighted by Crippen LogP contribution is 2.30. The highest BCUT2D eigenvalue weighted by atomic mass is 32.1. The van der Waals surface area contributed by atoms with Crippen molar-refractivity contribution in [3.8, 4) is 16.3 Å². The summed E-state index contributed by atoms with van der Waals surface area (Å²) in [6.07, 6.45) is 0. The summed E-state index contributed by atoms with van der Waals surface area (Å²) in [5, 5.41) is 7.60. The number of nitrogens with zero attached hydrogens (tertiary/aromatic N) is 1. The number of para-hydroxylation sites is 1. The lowest BCUT2D eigenvalue weighted by molar-refractivity contribution is -0.125. The van der Waals surface area contributed by atoms with Crippen molar-refractivity contribution in [1.29, 1.82) is 0 Å². The highest BCUT2D eigenvalue weighted by molar-refractivity contribution is 7.17. The summed E-state index contributed by atoms with van der Waals surface area (Å²) in [5.74, 6) is -0.0922. The molecule has 0 saturated carbocycles. The zero-order valence-corrected chi connectivity index (χ0v) is 15.7. The topological polar surface area (TPSA) is 80.3 Å². The van der Waals surface area contributed by atoms with Crippen molar-refractivity contribution in [1.82, 2.24) is 10.3 Å². The molecule has 0 aliphatic rings. The molecule has 0 bridgehead atoms. The monoisotopic (exact) mass is 387 g/mol. The molecule has 2 N–H and O–H groups in total. The summed E-state index contributed by atoms with van der Waals surface area (Å²) in [6.45, 7) is 1.76. The maximum Gasteiger partial charge on any atom is 0.258 e. The van der Waals surface area contributed by atoms with Gasteiger partial charge in [0.25, 0.3) is 5.91 Å². The van der Waals surface area contributed by atoms with E-state index in [4.69, 9.17) is 4.74 Å².